The fraction of sp³-hybridized carbons (Fsp3) is 1.00. The van der Waals surface area contributed by atoms with Gasteiger partial charge in [0.1, 0.15) is 0 Å². The van der Waals surface area contributed by atoms with Crippen molar-refractivity contribution in [3.05, 3.63) is 0 Å². The van der Waals surface area contributed by atoms with Crippen molar-refractivity contribution in [1.29, 1.82) is 0 Å². The second-order valence-electron chi connectivity index (χ2n) is 5.54. The lowest BCUT2D eigenvalue weighted by Gasteiger charge is -2.32. The maximum atomic E-state index is 5.68. The highest BCUT2D eigenvalue weighted by Gasteiger charge is 2.22. The molecule has 1 aliphatic rings. The van der Waals surface area contributed by atoms with E-state index in [4.69, 9.17) is 4.74 Å². The minimum Gasteiger partial charge on any atom is -0.375 e. The van der Waals surface area contributed by atoms with Crippen LogP contribution in [0.5, 0.6) is 0 Å². The summed E-state index contributed by atoms with van der Waals surface area (Å²) in [4.78, 5) is 0. The topological polar surface area (TPSA) is 21.3 Å². The third kappa shape index (κ3) is 4.98. The molecule has 0 spiro atoms. The average molecular weight is 213 g/mol. The van der Waals surface area contributed by atoms with Gasteiger partial charge in [-0.25, -0.2) is 0 Å². The lowest BCUT2D eigenvalue weighted by Crippen LogP contribution is -2.43. The molecule has 0 aliphatic heterocycles. The molecule has 1 N–H and O–H groups in total. The van der Waals surface area contributed by atoms with Gasteiger partial charge in [-0.3, -0.25) is 0 Å². The van der Waals surface area contributed by atoms with Crippen LogP contribution in [-0.2, 0) is 4.74 Å². The number of rotatable bonds is 5. The maximum absolute atomic E-state index is 5.68. The Morgan fingerprint density at radius 2 is 2.07 bits per heavy atom. The Morgan fingerprint density at radius 1 is 1.33 bits per heavy atom. The zero-order chi connectivity index (χ0) is 11.3. The molecule has 2 heteroatoms. The Balaban J connectivity index is 2.23. The number of hydrogen-bond acceptors (Lipinski definition) is 2. The second-order valence-corrected chi connectivity index (χ2v) is 5.54. The fourth-order valence-electron chi connectivity index (χ4n) is 2.45. The summed E-state index contributed by atoms with van der Waals surface area (Å²) in [6, 6.07) is 0.716. The van der Waals surface area contributed by atoms with Gasteiger partial charge in [0.05, 0.1) is 5.60 Å². The van der Waals surface area contributed by atoms with E-state index in [-0.39, 0.29) is 5.60 Å². The Labute approximate surface area is 94.8 Å². The molecule has 90 valence electrons. The number of ether oxygens (including phenoxy) is 1. The minimum atomic E-state index is -0.0184. The van der Waals surface area contributed by atoms with E-state index < -0.39 is 0 Å². The Kier molecular flexibility index (Phi) is 5.07. The Hall–Kier alpha value is -0.0800. The van der Waals surface area contributed by atoms with E-state index >= 15 is 0 Å². The van der Waals surface area contributed by atoms with Crippen molar-refractivity contribution in [2.75, 3.05) is 13.2 Å². The average Bonchev–Trinajstić information content (AvgIpc) is 2.15. The molecule has 0 amide bonds. The van der Waals surface area contributed by atoms with E-state index in [0.717, 1.165) is 19.1 Å². The molecular weight excluding hydrogens is 186 g/mol. The molecule has 1 aliphatic carbocycles. The third-order valence-corrected chi connectivity index (χ3v) is 3.29. The predicted octanol–water partition coefficient (Wildman–Crippen LogP) is 2.97. The highest BCUT2D eigenvalue weighted by Crippen LogP contribution is 2.23. The molecule has 0 aromatic rings. The van der Waals surface area contributed by atoms with Crippen LogP contribution in [0.15, 0.2) is 0 Å². The van der Waals surface area contributed by atoms with E-state index in [1.54, 1.807) is 0 Å². The SMILES string of the molecule is CCOC(C)(C)CNC1CCCC(C)C1. The molecule has 1 fully saturated rings. The predicted molar refractivity (Wildman–Crippen MR) is 65.1 cm³/mol. The van der Waals surface area contributed by atoms with Crippen LogP contribution in [0.4, 0.5) is 0 Å². The lowest BCUT2D eigenvalue weighted by molar-refractivity contribution is -0.0117. The molecule has 2 nitrogen and oxygen atoms in total. The van der Waals surface area contributed by atoms with Gasteiger partial charge in [0, 0.05) is 19.2 Å². The first-order valence-corrected chi connectivity index (χ1v) is 6.41. The van der Waals surface area contributed by atoms with Crippen LogP contribution in [0.1, 0.15) is 53.4 Å². The van der Waals surface area contributed by atoms with E-state index in [2.05, 4.69) is 33.0 Å². The summed E-state index contributed by atoms with van der Waals surface area (Å²) in [7, 11) is 0. The van der Waals surface area contributed by atoms with Gasteiger partial charge in [-0.1, -0.05) is 19.8 Å². The van der Waals surface area contributed by atoms with Crippen LogP contribution in [0.25, 0.3) is 0 Å². The van der Waals surface area contributed by atoms with Gasteiger partial charge in [0.2, 0.25) is 0 Å². The van der Waals surface area contributed by atoms with E-state index in [0.29, 0.717) is 6.04 Å². The summed E-state index contributed by atoms with van der Waals surface area (Å²) in [5.74, 6) is 0.895. The van der Waals surface area contributed by atoms with Crippen LogP contribution in [0.2, 0.25) is 0 Å². The maximum Gasteiger partial charge on any atom is 0.0750 e. The van der Waals surface area contributed by atoms with Crippen molar-refractivity contribution < 1.29 is 4.74 Å². The Bertz CT molecular complexity index is 179. The molecule has 2 unspecified atom stereocenters. The first kappa shape index (κ1) is 13.0. The Morgan fingerprint density at radius 3 is 2.67 bits per heavy atom. The van der Waals surface area contributed by atoms with Gasteiger partial charge in [-0.05, 0) is 39.5 Å². The molecule has 0 saturated heterocycles. The normalized spacial score (nSPS) is 28.0. The number of nitrogens with one attached hydrogen (secondary N) is 1. The molecule has 0 aromatic heterocycles. The highest BCUT2D eigenvalue weighted by atomic mass is 16.5. The van der Waals surface area contributed by atoms with E-state index in [1.807, 2.05) is 0 Å². The standard InChI is InChI=1S/C13H27NO/c1-5-15-13(3,4)10-14-12-8-6-7-11(2)9-12/h11-12,14H,5-10H2,1-4H3. The largest absolute Gasteiger partial charge is 0.375 e. The number of hydrogen-bond donors (Lipinski definition) is 1. The summed E-state index contributed by atoms with van der Waals surface area (Å²) in [6.45, 7) is 10.5. The first-order valence-electron chi connectivity index (χ1n) is 6.41. The van der Waals surface area contributed by atoms with Gasteiger partial charge in [-0.2, -0.15) is 0 Å². The van der Waals surface area contributed by atoms with Crippen molar-refractivity contribution >= 4 is 0 Å². The molecule has 0 radical (unpaired) electrons. The zero-order valence-corrected chi connectivity index (χ0v) is 10.8. The third-order valence-electron chi connectivity index (χ3n) is 3.29. The van der Waals surface area contributed by atoms with Gasteiger partial charge in [0.15, 0.2) is 0 Å². The molecule has 2 atom stereocenters. The van der Waals surface area contributed by atoms with Gasteiger partial charge in [-0.15, -0.1) is 0 Å². The molecular formula is C13H27NO. The van der Waals surface area contributed by atoms with Crippen LogP contribution in [-0.4, -0.2) is 24.8 Å². The second kappa shape index (κ2) is 5.86. The van der Waals surface area contributed by atoms with Crippen LogP contribution in [0.3, 0.4) is 0 Å². The van der Waals surface area contributed by atoms with E-state index in [1.165, 1.54) is 25.7 Å². The van der Waals surface area contributed by atoms with Crippen LogP contribution >= 0.6 is 0 Å². The molecule has 0 heterocycles. The van der Waals surface area contributed by atoms with Gasteiger partial charge >= 0.3 is 0 Å². The molecule has 1 saturated carbocycles. The summed E-state index contributed by atoms with van der Waals surface area (Å²) in [5, 5.41) is 3.65. The van der Waals surface area contributed by atoms with Crippen molar-refractivity contribution in [1.82, 2.24) is 5.32 Å². The van der Waals surface area contributed by atoms with Crippen molar-refractivity contribution in [2.45, 2.75) is 65.0 Å². The molecule has 0 bridgehead atoms. The smallest absolute Gasteiger partial charge is 0.0750 e. The van der Waals surface area contributed by atoms with Crippen molar-refractivity contribution in [2.24, 2.45) is 5.92 Å². The van der Waals surface area contributed by atoms with Crippen molar-refractivity contribution in [3.63, 3.8) is 0 Å². The zero-order valence-electron chi connectivity index (χ0n) is 10.8. The van der Waals surface area contributed by atoms with Gasteiger partial charge < -0.3 is 10.1 Å². The summed E-state index contributed by atoms with van der Waals surface area (Å²) in [5.41, 5.74) is -0.0184. The molecule has 0 aromatic carbocycles. The lowest BCUT2D eigenvalue weighted by atomic mass is 9.87. The monoisotopic (exact) mass is 213 g/mol. The summed E-state index contributed by atoms with van der Waals surface area (Å²) in [6.07, 6.45) is 5.47. The quantitative estimate of drug-likeness (QED) is 0.758. The summed E-state index contributed by atoms with van der Waals surface area (Å²) < 4.78 is 5.68. The summed E-state index contributed by atoms with van der Waals surface area (Å²) >= 11 is 0. The van der Waals surface area contributed by atoms with Crippen LogP contribution < -0.4 is 5.32 Å². The molecule has 1 rings (SSSR count). The molecule has 15 heavy (non-hydrogen) atoms. The van der Waals surface area contributed by atoms with Gasteiger partial charge in [0.25, 0.3) is 0 Å². The van der Waals surface area contributed by atoms with E-state index in [9.17, 15) is 0 Å². The first-order chi connectivity index (χ1) is 7.03. The van der Waals surface area contributed by atoms with Crippen LogP contribution in [0, 0.1) is 5.92 Å². The van der Waals surface area contributed by atoms with Crippen molar-refractivity contribution in [3.8, 4) is 0 Å². The minimum absolute atomic E-state index is 0.0184. The highest BCUT2D eigenvalue weighted by molar-refractivity contribution is 4.80. The fourth-order valence-corrected chi connectivity index (χ4v) is 2.45.